The van der Waals surface area contributed by atoms with E-state index in [2.05, 4.69) is 14.7 Å². The lowest BCUT2D eigenvalue weighted by atomic mass is 10.0. The molecule has 2 N–H and O–H groups in total. The minimum atomic E-state index is -5.73. The van der Waals surface area contributed by atoms with Crippen LogP contribution in [0.2, 0.25) is 0 Å². The Morgan fingerprint density at radius 3 is 2.20 bits per heavy atom. The van der Waals surface area contributed by atoms with E-state index in [1.165, 1.54) is 48.5 Å². The number of nitrogens with zero attached hydrogens (tertiary/aromatic N) is 1. The molecule has 0 amide bonds. The van der Waals surface area contributed by atoms with Gasteiger partial charge in [-0.2, -0.15) is 43.5 Å². The Hall–Kier alpha value is -4.14. The molecular formula is C25H17F8N3O3S. The number of fused-ring (bicyclic) bond motifs is 1. The Morgan fingerprint density at radius 2 is 1.55 bits per heavy atom. The van der Waals surface area contributed by atoms with Crippen molar-refractivity contribution in [2.24, 2.45) is 0 Å². The number of rotatable bonds is 8. The highest BCUT2D eigenvalue weighted by atomic mass is 32.2. The number of hydrogen-bond donors (Lipinski definition) is 2. The van der Waals surface area contributed by atoms with Crippen LogP contribution in [0.4, 0.5) is 40.8 Å². The maximum atomic E-state index is 13.0. The first kappa shape index (κ1) is 28.9. The molecule has 15 heteroatoms. The molecule has 0 saturated heterocycles. The van der Waals surface area contributed by atoms with Crippen molar-refractivity contribution in [3.05, 3.63) is 78.1 Å². The number of para-hydroxylation sites is 1. The van der Waals surface area contributed by atoms with Gasteiger partial charge in [-0.05, 0) is 47.5 Å². The topological polar surface area (TPSA) is 84.1 Å². The Kier molecular flexibility index (Phi) is 7.53. The van der Waals surface area contributed by atoms with Gasteiger partial charge in [0, 0.05) is 5.56 Å². The highest BCUT2D eigenvalue weighted by molar-refractivity contribution is 7.93. The van der Waals surface area contributed by atoms with E-state index in [0.717, 1.165) is 0 Å². The summed E-state index contributed by atoms with van der Waals surface area (Å²) < 4.78 is 131. The van der Waals surface area contributed by atoms with E-state index in [9.17, 15) is 43.5 Å². The second kappa shape index (κ2) is 10.4. The van der Waals surface area contributed by atoms with Gasteiger partial charge in [0.2, 0.25) is 0 Å². The lowest BCUT2D eigenvalue weighted by Crippen LogP contribution is -2.41. The van der Waals surface area contributed by atoms with Gasteiger partial charge >= 0.3 is 27.6 Å². The molecule has 0 unspecified atom stereocenters. The first-order valence-electron chi connectivity index (χ1n) is 11.1. The molecule has 1 aromatic heterocycles. The van der Waals surface area contributed by atoms with Crippen molar-refractivity contribution >= 4 is 38.9 Å². The Labute approximate surface area is 221 Å². The van der Waals surface area contributed by atoms with E-state index in [4.69, 9.17) is 0 Å². The molecule has 0 aliphatic rings. The Bertz CT molecular complexity index is 1640. The summed E-state index contributed by atoms with van der Waals surface area (Å²) in [5, 5.41) is 0. The maximum Gasteiger partial charge on any atom is 0.516 e. The van der Waals surface area contributed by atoms with Crippen LogP contribution in [0.25, 0.3) is 34.3 Å². The van der Waals surface area contributed by atoms with Gasteiger partial charge in [-0.25, -0.2) is 4.98 Å². The SMILES string of the molecule is O=S(=O)(Nc1ccccc1-c1ccc2nc(/C=C/c3ccc(OCC(F)(F)C(F)(F)F)cc3)[nH]c2c1)C(F)(F)F. The third-order valence-electron chi connectivity index (χ3n) is 5.44. The number of sulfonamides is 1. The predicted octanol–water partition coefficient (Wildman–Crippen LogP) is 7.24. The number of hydrogen-bond acceptors (Lipinski definition) is 4. The number of aromatic nitrogens is 2. The highest BCUT2D eigenvalue weighted by Crippen LogP contribution is 2.36. The van der Waals surface area contributed by atoms with Crippen LogP contribution in [0.1, 0.15) is 11.4 Å². The summed E-state index contributed by atoms with van der Waals surface area (Å²) in [6.07, 6.45) is -2.59. The van der Waals surface area contributed by atoms with Crippen LogP contribution >= 0.6 is 0 Å². The Balaban J connectivity index is 1.50. The molecule has 0 atom stereocenters. The van der Waals surface area contributed by atoms with Crippen molar-refractivity contribution in [3.63, 3.8) is 0 Å². The van der Waals surface area contributed by atoms with Crippen LogP contribution in [0.3, 0.4) is 0 Å². The summed E-state index contributed by atoms with van der Waals surface area (Å²) in [4.78, 5) is 7.36. The third kappa shape index (κ3) is 6.35. The monoisotopic (exact) mass is 591 g/mol. The predicted molar refractivity (Wildman–Crippen MR) is 132 cm³/mol. The first-order chi connectivity index (χ1) is 18.6. The van der Waals surface area contributed by atoms with E-state index in [1.54, 1.807) is 35.1 Å². The fourth-order valence-electron chi connectivity index (χ4n) is 3.41. The molecule has 0 aliphatic heterocycles. The summed E-state index contributed by atoms with van der Waals surface area (Å²) in [6.45, 7) is -1.86. The van der Waals surface area contributed by atoms with Crippen LogP contribution in [0.15, 0.2) is 66.7 Å². The van der Waals surface area contributed by atoms with Gasteiger partial charge in [0.15, 0.2) is 6.61 Å². The zero-order valence-corrected chi connectivity index (χ0v) is 20.6. The molecule has 1 heterocycles. The van der Waals surface area contributed by atoms with E-state index in [1.807, 2.05) is 0 Å². The Morgan fingerprint density at radius 1 is 0.875 bits per heavy atom. The molecule has 6 nitrogen and oxygen atoms in total. The van der Waals surface area contributed by atoms with Gasteiger partial charge in [-0.1, -0.05) is 42.5 Å². The molecule has 0 bridgehead atoms. The second-order valence-electron chi connectivity index (χ2n) is 8.34. The number of nitrogens with one attached hydrogen (secondary N) is 2. The first-order valence-corrected chi connectivity index (χ1v) is 12.6. The van der Waals surface area contributed by atoms with Crippen molar-refractivity contribution in [2.75, 3.05) is 11.3 Å². The molecule has 0 spiro atoms. The number of halogens is 8. The minimum Gasteiger partial charge on any atom is -0.487 e. The summed E-state index contributed by atoms with van der Waals surface area (Å²) in [7, 11) is -5.64. The normalized spacial score (nSPS) is 13.2. The molecular weight excluding hydrogens is 574 g/mol. The number of H-pyrrole nitrogens is 1. The largest absolute Gasteiger partial charge is 0.516 e. The van der Waals surface area contributed by atoms with Gasteiger partial charge in [0.1, 0.15) is 11.6 Å². The van der Waals surface area contributed by atoms with Crippen molar-refractivity contribution in [3.8, 4) is 16.9 Å². The van der Waals surface area contributed by atoms with Crippen molar-refractivity contribution in [1.29, 1.82) is 0 Å². The molecule has 212 valence electrons. The zero-order chi connectivity index (χ0) is 29.3. The molecule has 40 heavy (non-hydrogen) atoms. The van der Waals surface area contributed by atoms with Crippen molar-refractivity contribution in [1.82, 2.24) is 9.97 Å². The van der Waals surface area contributed by atoms with Crippen molar-refractivity contribution < 1.29 is 48.3 Å². The van der Waals surface area contributed by atoms with Crippen LogP contribution in [-0.4, -0.2) is 42.6 Å². The van der Waals surface area contributed by atoms with E-state index >= 15 is 0 Å². The second-order valence-corrected chi connectivity index (χ2v) is 10.0. The molecule has 0 fully saturated rings. The molecule has 4 rings (SSSR count). The quantitative estimate of drug-likeness (QED) is 0.212. The van der Waals surface area contributed by atoms with Gasteiger partial charge in [-0.3, -0.25) is 4.72 Å². The summed E-state index contributed by atoms with van der Waals surface area (Å²) in [6, 6.07) is 15.6. The highest BCUT2D eigenvalue weighted by Gasteiger charge is 2.58. The number of imidazole rings is 1. The van der Waals surface area contributed by atoms with Crippen LogP contribution in [0, 0.1) is 0 Å². The number of aromatic amines is 1. The summed E-state index contributed by atoms with van der Waals surface area (Å²) in [5.41, 5.74) is -3.65. The van der Waals surface area contributed by atoms with E-state index in [-0.39, 0.29) is 17.0 Å². The van der Waals surface area contributed by atoms with Gasteiger partial charge < -0.3 is 9.72 Å². The average Bonchev–Trinajstić information content (AvgIpc) is 3.28. The van der Waals surface area contributed by atoms with Gasteiger partial charge in [0.25, 0.3) is 0 Å². The van der Waals surface area contributed by atoms with Crippen molar-refractivity contribution in [2.45, 2.75) is 17.6 Å². The molecule has 0 radical (unpaired) electrons. The van der Waals surface area contributed by atoms with E-state index < -0.39 is 34.2 Å². The van der Waals surface area contributed by atoms with Crippen LogP contribution < -0.4 is 9.46 Å². The number of ether oxygens (including phenoxy) is 1. The van der Waals surface area contributed by atoms with Gasteiger partial charge in [-0.15, -0.1) is 0 Å². The average molecular weight is 591 g/mol. The molecule has 0 aliphatic carbocycles. The number of benzene rings is 3. The number of anilines is 1. The smallest absolute Gasteiger partial charge is 0.487 e. The molecule has 0 saturated carbocycles. The summed E-state index contributed by atoms with van der Waals surface area (Å²) in [5.74, 6) is -4.81. The zero-order valence-electron chi connectivity index (χ0n) is 19.8. The standard InChI is InChI=1S/C25H17F8N3O3S/c26-23(27,24(28,29)30)14-39-17-9-5-15(6-10-17)7-12-22-34-20-11-8-16(13-21(20)35-22)18-3-1-2-4-19(18)36-40(37,38)25(31,32)33/h1-13,36H,14H2,(H,34,35)/b12-7+. The minimum absolute atomic E-state index is 0.185. The number of alkyl halides is 8. The molecule has 3 aromatic carbocycles. The maximum absolute atomic E-state index is 13.0. The van der Waals surface area contributed by atoms with Crippen LogP contribution in [-0.2, 0) is 10.0 Å². The summed E-state index contributed by atoms with van der Waals surface area (Å²) >= 11 is 0. The fraction of sp³-hybridized carbons (Fsp3) is 0.160. The van der Waals surface area contributed by atoms with Crippen LogP contribution in [0.5, 0.6) is 5.75 Å². The van der Waals surface area contributed by atoms with E-state index in [0.29, 0.717) is 28.0 Å². The fourth-order valence-corrected chi connectivity index (χ4v) is 3.99. The van der Waals surface area contributed by atoms with Gasteiger partial charge in [0.05, 0.1) is 16.7 Å². The lowest BCUT2D eigenvalue weighted by Gasteiger charge is -2.19. The lowest BCUT2D eigenvalue weighted by molar-refractivity contribution is -0.290. The molecule has 4 aromatic rings. The third-order valence-corrected chi connectivity index (χ3v) is 6.53.